The maximum atomic E-state index is 12.6. The third-order valence-electron chi connectivity index (χ3n) is 6.44. The Morgan fingerprint density at radius 1 is 1.21 bits per heavy atom. The number of nitrogens with zero attached hydrogens (tertiary/aromatic N) is 4. The minimum absolute atomic E-state index is 0.0132. The average Bonchev–Trinajstić information content (AvgIpc) is 3.37. The van der Waals surface area contributed by atoms with Gasteiger partial charge in [0, 0.05) is 12.0 Å². The van der Waals surface area contributed by atoms with Crippen molar-refractivity contribution < 1.29 is 18.8 Å². The molecule has 33 heavy (non-hydrogen) atoms. The van der Waals surface area contributed by atoms with E-state index in [-0.39, 0.29) is 17.0 Å². The van der Waals surface area contributed by atoms with Gasteiger partial charge in [0.2, 0.25) is 0 Å². The molecule has 10 heteroatoms. The first-order valence-corrected chi connectivity index (χ1v) is 13.8. The van der Waals surface area contributed by atoms with Crippen LogP contribution in [0, 0.1) is 0 Å². The number of aldehydes is 1. The number of hydrogen-bond acceptors (Lipinski definition) is 7. The van der Waals surface area contributed by atoms with Gasteiger partial charge in [-0.15, -0.1) is 0 Å². The standard InChI is InChI=1S/C23H29N5O4Si/c1-23(2,3)33(4,5)32-16-11-18(31-17(16)12-29)28-14-26-19-20(24-13-25-21(19)28)27-22(30)15-9-7-6-8-10-15/h6-10,12-14,16-18H,11H2,1-5H3,(H,24,25,27,30)/t16-,17+,18+/m0/s1. The molecule has 3 atom stereocenters. The number of hydrogen-bond donors (Lipinski definition) is 1. The summed E-state index contributed by atoms with van der Waals surface area (Å²) in [6, 6.07) is 8.88. The second kappa shape index (κ2) is 8.77. The molecule has 0 radical (unpaired) electrons. The quantitative estimate of drug-likeness (QED) is 0.432. The molecule has 4 rings (SSSR count). The van der Waals surface area contributed by atoms with Crippen molar-refractivity contribution >= 4 is 37.5 Å². The molecule has 1 fully saturated rings. The van der Waals surface area contributed by atoms with Gasteiger partial charge in [0.15, 0.2) is 31.6 Å². The highest BCUT2D eigenvalue weighted by molar-refractivity contribution is 6.74. The van der Waals surface area contributed by atoms with Crippen LogP contribution < -0.4 is 5.32 Å². The van der Waals surface area contributed by atoms with Crippen LogP contribution in [0.2, 0.25) is 18.1 Å². The van der Waals surface area contributed by atoms with Crippen molar-refractivity contribution in [1.29, 1.82) is 0 Å². The number of benzene rings is 1. The number of carbonyl (C=O) groups is 2. The number of carbonyl (C=O) groups excluding carboxylic acids is 2. The minimum atomic E-state index is -2.09. The van der Waals surface area contributed by atoms with E-state index in [0.29, 0.717) is 29.0 Å². The van der Waals surface area contributed by atoms with Crippen LogP contribution in [0.15, 0.2) is 43.0 Å². The number of aromatic nitrogens is 4. The third kappa shape index (κ3) is 4.59. The van der Waals surface area contributed by atoms with E-state index in [1.807, 2.05) is 6.07 Å². The fraction of sp³-hybridized carbons (Fsp3) is 0.435. The molecule has 3 heterocycles. The molecule has 1 amide bonds. The zero-order valence-corrected chi connectivity index (χ0v) is 20.5. The smallest absolute Gasteiger partial charge is 0.256 e. The first kappa shape index (κ1) is 23.2. The lowest BCUT2D eigenvalue weighted by Crippen LogP contribution is -2.46. The van der Waals surface area contributed by atoms with Crippen LogP contribution in [0.4, 0.5) is 5.82 Å². The number of fused-ring (bicyclic) bond motifs is 1. The summed E-state index contributed by atoms with van der Waals surface area (Å²) in [6.45, 7) is 10.8. The maximum Gasteiger partial charge on any atom is 0.256 e. The van der Waals surface area contributed by atoms with Gasteiger partial charge in [-0.1, -0.05) is 39.0 Å². The van der Waals surface area contributed by atoms with E-state index in [1.165, 1.54) is 6.33 Å². The summed E-state index contributed by atoms with van der Waals surface area (Å²) >= 11 is 0. The van der Waals surface area contributed by atoms with E-state index in [1.54, 1.807) is 35.2 Å². The molecule has 1 N–H and O–H groups in total. The number of anilines is 1. The van der Waals surface area contributed by atoms with Crippen LogP contribution in [0.1, 0.15) is 43.8 Å². The summed E-state index contributed by atoms with van der Waals surface area (Å²) in [5.74, 6) is 0.0257. The lowest BCUT2D eigenvalue weighted by molar-refractivity contribution is -0.122. The summed E-state index contributed by atoms with van der Waals surface area (Å²) in [7, 11) is -2.09. The highest BCUT2D eigenvalue weighted by Crippen LogP contribution is 2.41. The molecule has 174 valence electrons. The van der Waals surface area contributed by atoms with Gasteiger partial charge in [-0.3, -0.25) is 9.36 Å². The second-order valence-corrected chi connectivity index (χ2v) is 14.5. The molecule has 1 aliphatic rings. The fourth-order valence-corrected chi connectivity index (χ4v) is 4.89. The summed E-state index contributed by atoms with van der Waals surface area (Å²) in [5, 5.41) is 2.81. The Morgan fingerprint density at radius 2 is 1.94 bits per heavy atom. The van der Waals surface area contributed by atoms with Gasteiger partial charge in [0.25, 0.3) is 5.91 Å². The number of amides is 1. The van der Waals surface area contributed by atoms with Gasteiger partial charge in [-0.05, 0) is 30.3 Å². The number of ether oxygens (including phenoxy) is 1. The van der Waals surface area contributed by atoms with Crippen LogP contribution in [-0.4, -0.2) is 52.2 Å². The Morgan fingerprint density at radius 3 is 2.61 bits per heavy atom. The van der Waals surface area contributed by atoms with Crippen molar-refractivity contribution in [2.45, 2.75) is 63.8 Å². The monoisotopic (exact) mass is 467 g/mol. The molecule has 0 spiro atoms. The summed E-state index contributed by atoms with van der Waals surface area (Å²) in [4.78, 5) is 37.3. The predicted molar refractivity (Wildman–Crippen MR) is 126 cm³/mol. The van der Waals surface area contributed by atoms with Crippen molar-refractivity contribution in [2.75, 3.05) is 5.32 Å². The Labute approximate surface area is 193 Å². The van der Waals surface area contributed by atoms with Crippen molar-refractivity contribution in [3.8, 4) is 0 Å². The van der Waals surface area contributed by atoms with Gasteiger partial charge in [-0.2, -0.15) is 0 Å². The Bertz CT molecular complexity index is 1160. The minimum Gasteiger partial charge on any atom is -0.411 e. The van der Waals surface area contributed by atoms with E-state index in [4.69, 9.17) is 9.16 Å². The molecule has 2 aromatic heterocycles. The lowest BCUT2D eigenvalue weighted by atomic mass is 10.2. The number of rotatable bonds is 6. The summed E-state index contributed by atoms with van der Waals surface area (Å²) in [5.41, 5.74) is 1.47. The normalized spacial score (nSPS) is 21.3. The van der Waals surface area contributed by atoms with Crippen LogP contribution >= 0.6 is 0 Å². The van der Waals surface area contributed by atoms with E-state index >= 15 is 0 Å². The zero-order valence-electron chi connectivity index (χ0n) is 19.5. The molecule has 1 saturated heterocycles. The predicted octanol–water partition coefficient (Wildman–Crippen LogP) is 3.96. The van der Waals surface area contributed by atoms with Crippen molar-refractivity contribution in [3.63, 3.8) is 0 Å². The molecular formula is C23H29N5O4Si. The van der Waals surface area contributed by atoms with E-state index in [0.717, 1.165) is 6.29 Å². The van der Waals surface area contributed by atoms with E-state index in [9.17, 15) is 9.59 Å². The molecule has 1 aromatic carbocycles. The topological polar surface area (TPSA) is 108 Å². The molecule has 1 aliphatic heterocycles. The molecule has 0 aliphatic carbocycles. The second-order valence-electron chi connectivity index (χ2n) is 9.71. The first-order valence-electron chi connectivity index (χ1n) is 10.9. The van der Waals surface area contributed by atoms with Crippen LogP contribution in [0.5, 0.6) is 0 Å². The van der Waals surface area contributed by atoms with Crippen molar-refractivity contribution in [1.82, 2.24) is 19.5 Å². The molecule has 3 aromatic rings. The highest BCUT2D eigenvalue weighted by Gasteiger charge is 2.45. The van der Waals surface area contributed by atoms with E-state index in [2.05, 4.69) is 54.1 Å². The Balaban J connectivity index is 1.57. The molecule has 9 nitrogen and oxygen atoms in total. The van der Waals surface area contributed by atoms with Crippen molar-refractivity contribution in [2.24, 2.45) is 0 Å². The van der Waals surface area contributed by atoms with Gasteiger partial charge in [0.1, 0.15) is 18.7 Å². The first-order chi connectivity index (χ1) is 15.6. The molecule has 0 bridgehead atoms. The fourth-order valence-electron chi connectivity index (χ4n) is 3.55. The van der Waals surface area contributed by atoms with Gasteiger partial charge in [-0.25, -0.2) is 15.0 Å². The van der Waals surface area contributed by atoms with Crippen LogP contribution in [0.25, 0.3) is 11.2 Å². The summed E-state index contributed by atoms with van der Waals surface area (Å²) < 4.78 is 14.3. The largest absolute Gasteiger partial charge is 0.411 e. The van der Waals surface area contributed by atoms with Crippen molar-refractivity contribution in [3.05, 3.63) is 48.5 Å². The van der Waals surface area contributed by atoms with Gasteiger partial charge in [0.05, 0.1) is 12.4 Å². The molecular weight excluding hydrogens is 438 g/mol. The molecule has 0 saturated carbocycles. The number of nitrogens with one attached hydrogen (secondary N) is 1. The summed E-state index contributed by atoms with van der Waals surface area (Å²) in [6.07, 6.45) is 2.79. The Hall–Kier alpha value is -2.95. The maximum absolute atomic E-state index is 12.6. The van der Waals surface area contributed by atoms with Crippen LogP contribution in [0.3, 0.4) is 0 Å². The lowest BCUT2D eigenvalue weighted by Gasteiger charge is -2.38. The average molecular weight is 468 g/mol. The molecule has 0 unspecified atom stereocenters. The highest BCUT2D eigenvalue weighted by atomic mass is 28.4. The SMILES string of the molecule is CC(C)(C)[Si](C)(C)O[C@H]1C[C@H](n2cnc3c(NC(=O)c4ccccc4)ncnc32)O[C@@H]1C=O. The van der Waals surface area contributed by atoms with Gasteiger partial charge < -0.3 is 19.3 Å². The van der Waals surface area contributed by atoms with E-state index < -0.39 is 20.6 Å². The number of imidazole rings is 1. The Kier molecular flexibility index (Phi) is 6.17. The van der Waals surface area contributed by atoms with Gasteiger partial charge >= 0.3 is 0 Å². The third-order valence-corrected chi connectivity index (χ3v) is 10.9. The van der Waals surface area contributed by atoms with Crippen LogP contribution in [-0.2, 0) is 14.0 Å². The zero-order chi connectivity index (χ0) is 23.8.